The van der Waals surface area contributed by atoms with Gasteiger partial charge in [-0.2, -0.15) is 0 Å². The smallest absolute Gasteiger partial charge is 0.255 e. The predicted molar refractivity (Wildman–Crippen MR) is 65.6 cm³/mol. The van der Waals surface area contributed by atoms with Gasteiger partial charge in [0.05, 0.1) is 5.56 Å². The Labute approximate surface area is 96.5 Å². The Kier molecular flexibility index (Phi) is 4.76. The maximum absolute atomic E-state index is 11.9. The van der Waals surface area contributed by atoms with Crippen molar-refractivity contribution < 1.29 is 4.79 Å². The molecular formula is C12H19N3O. The molecule has 1 aromatic heterocycles. The summed E-state index contributed by atoms with van der Waals surface area (Å²) in [5.74, 6) is 1.02. The van der Waals surface area contributed by atoms with Gasteiger partial charge in [-0.15, -0.1) is 0 Å². The Morgan fingerprint density at radius 1 is 1.50 bits per heavy atom. The molecule has 0 saturated heterocycles. The molecule has 0 fully saturated rings. The van der Waals surface area contributed by atoms with Crippen molar-refractivity contribution >= 4 is 11.7 Å². The fourth-order valence-electron chi connectivity index (χ4n) is 1.29. The predicted octanol–water partition coefficient (Wildman–Crippen LogP) is 1.90. The van der Waals surface area contributed by atoms with Crippen LogP contribution in [0, 0.1) is 5.92 Å². The van der Waals surface area contributed by atoms with Crippen LogP contribution < -0.4 is 10.6 Å². The van der Waals surface area contributed by atoms with E-state index in [4.69, 9.17) is 0 Å². The van der Waals surface area contributed by atoms with Gasteiger partial charge in [0, 0.05) is 19.3 Å². The Balaban J connectivity index is 2.73. The van der Waals surface area contributed by atoms with Crippen molar-refractivity contribution in [3.63, 3.8) is 0 Å². The van der Waals surface area contributed by atoms with Crippen molar-refractivity contribution in [3.05, 3.63) is 23.9 Å². The maximum Gasteiger partial charge on any atom is 0.255 e. The van der Waals surface area contributed by atoms with Crippen molar-refractivity contribution in [2.45, 2.75) is 20.8 Å². The van der Waals surface area contributed by atoms with Gasteiger partial charge in [0.15, 0.2) is 0 Å². The van der Waals surface area contributed by atoms with Crippen LogP contribution in [0.4, 0.5) is 5.82 Å². The van der Waals surface area contributed by atoms with Crippen LogP contribution in [0.15, 0.2) is 18.3 Å². The standard InChI is InChI=1S/C12H19N3O/c1-4-13-11-10(6-5-7-14-11)12(16)15-8-9(2)3/h5-7,9H,4,8H2,1-3H3,(H,13,14)(H,15,16). The molecule has 0 unspecified atom stereocenters. The molecule has 0 aromatic carbocycles. The van der Waals surface area contributed by atoms with Crippen molar-refractivity contribution in [2.75, 3.05) is 18.4 Å². The van der Waals surface area contributed by atoms with E-state index in [-0.39, 0.29) is 5.91 Å². The molecule has 0 saturated carbocycles. The normalized spacial score (nSPS) is 10.2. The van der Waals surface area contributed by atoms with Crippen molar-refractivity contribution in [1.29, 1.82) is 0 Å². The number of hydrogen-bond donors (Lipinski definition) is 2. The number of pyridine rings is 1. The number of rotatable bonds is 5. The lowest BCUT2D eigenvalue weighted by atomic mass is 10.2. The van der Waals surface area contributed by atoms with Crippen molar-refractivity contribution in [3.8, 4) is 0 Å². The number of anilines is 1. The molecule has 16 heavy (non-hydrogen) atoms. The minimum Gasteiger partial charge on any atom is -0.370 e. The third kappa shape index (κ3) is 3.53. The molecule has 1 heterocycles. The van der Waals surface area contributed by atoms with E-state index in [0.29, 0.717) is 23.8 Å². The van der Waals surface area contributed by atoms with Crippen molar-refractivity contribution in [2.24, 2.45) is 5.92 Å². The highest BCUT2D eigenvalue weighted by Crippen LogP contribution is 2.10. The number of aromatic nitrogens is 1. The Morgan fingerprint density at radius 2 is 2.25 bits per heavy atom. The molecule has 2 N–H and O–H groups in total. The van der Waals surface area contributed by atoms with Crippen LogP contribution in [0.1, 0.15) is 31.1 Å². The maximum atomic E-state index is 11.9. The summed E-state index contributed by atoms with van der Waals surface area (Å²) < 4.78 is 0. The summed E-state index contributed by atoms with van der Waals surface area (Å²) in [5, 5.41) is 5.95. The molecule has 0 atom stereocenters. The average molecular weight is 221 g/mol. The van der Waals surface area contributed by atoms with E-state index in [1.807, 2.05) is 6.92 Å². The highest BCUT2D eigenvalue weighted by molar-refractivity contribution is 5.98. The van der Waals surface area contributed by atoms with Crippen LogP contribution >= 0.6 is 0 Å². The molecule has 0 aliphatic rings. The largest absolute Gasteiger partial charge is 0.370 e. The summed E-state index contributed by atoms with van der Waals surface area (Å²) in [6, 6.07) is 3.55. The zero-order valence-electron chi connectivity index (χ0n) is 10.1. The molecule has 4 heteroatoms. The van der Waals surface area contributed by atoms with Gasteiger partial charge < -0.3 is 10.6 Å². The van der Waals surface area contributed by atoms with Crippen LogP contribution in [0.2, 0.25) is 0 Å². The van der Waals surface area contributed by atoms with Crippen LogP contribution in [-0.2, 0) is 0 Å². The molecular weight excluding hydrogens is 202 g/mol. The van der Waals surface area contributed by atoms with E-state index in [9.17, 15) is 4.79 Å². The lowest BCUT2D eigenvalue weighted by molar-refractivity contribution is 0.0949. The highest BCUT2D eigenvalue weighted by atomic mass is 16.1. The summed E-state index contributed by atoms with van der Waals surface area (Å²) in [6.07, 6.45) is 1.68. The molecule has 4 nitrogen and oxygen atoms in total. The van der Waals surface area contributed by atoms with Crippen LogP contribution in [0.25, 0.3) is 0 Å². The summed E-state index contributed by atoms with van der Waals surface area (Å²) in [5.41, 5.74) is 0.602. The van der Waals surface area contributed by atoms with Gasteiger partial charge in [-0.3, -0.25) is 4.79 Å². The van der Waals surface area contributed by atoms with E-state index >= 15 is 0 Å². The molecule has 0 aliphatic carbocycles. The van der Waals surface area contributed by atoms with Crippen LogP contribution in [0.5, 0.6) is 0 Å². The number of hydrogen-bond acceptors (Lipinski definition) is 3. The summed E-state index contributed by atoms with van der Waals surface area (Å²) in [6.45, 7) is 7.54. The van der Waals surface area contributed by atoms with E-state index in [1.165, 1.54) is 0 Å². The SMILES string of the molecule is CCNc1ncccc1C(=O)NCC(C)C. The van der Waals surface area contributed by atoms with Gasteiger partial charge in [-0.05, 0) is 25.0 Å². The van der Waals surface area contributed by atoms with Crippen LogP contribution in [-0.4, -0.2) is 24.0 Å². The van der Waals surface area contributed by atoms with E-state index in [0.717, 1.165) is 6.54 Å². The highest BCUT2D eigenvalue weighted by Gasteiger charge is 2.11. The van der Waals surface area contributed by atoms with Crippen molar-refractivity contribution in [1.82, 2.24) is 10.3 Å². The van der Waals surface area contributed by atoms with E-state index < -0.39 is 0 Å². The fourth-order valence-corrected chi connectivity index (χ4v) is 1.29. The molecule has 0 aliphatic heterocycles. The first-order valence-electron chi connectivity index (χ1n) is 5.62. The second kappa shape index (κ2) is 6.10. The third-order valence-corrected chi connectivity index (χ3v) is 2.07. The van der Waals surface area contributed by atoms with Gasteiger partial charge in [-0.25, -0.2) is 4.98 Å². The third-order valence-electron chi connectivity index (χ3n) is 2.07. The van der Waals surface area contributed by atoms with Gasteiger partial charge >= 0.3 is 0 Å². The zero-order chi connectivity index (χ0) is 12.0. The summed E-state index contributed by atoms with van der Waals surface area (Å²) >= 11 is 0. The minimum atomic E-state index is -0.0715. The molecule has 1 aromatic rings. The molecule has 1 rings (SSSR count). The molecule has 0 spiro atoms. The van der Waals surface area contributed by atoms with E-state index in [1.54, 1.807) is 18.3 Å². The Bertz CT molecular complexity index is 350. The fraction of sp³-hybridized carbons (Fsp3) is 0.500. The zero-order valence-corrected chi connectivity index (χ0v) is 10.1. The molecule has 88 valence electrons. The van der Waals surface area contributed by atoms with Gasteiger partial charge in [0.25, 0.3) is 5.91 Å². The average Bonchev–Trinajstić information content (AvgIpc) is 2.27. The lowest BCUT2D eigenvalue weighted by Gasteiger charge is -2.11. The Hall–Kier alpha value is -1.58. The first-order chi connectivity index (χ1) is 7.65. The number of nitrogens with zero attached hydrogens (tertiary/aromatic N) is 1. The quantitative estimate of drug-likeness (QED) is 0.798. The van der Waals surface area contributed by atoms with Crippen LogP contribution in [0.3, 0.4) is 0 Å². The first-order valence-corrected chi connectivity index (χ1v) is 5.62. The second-order valence-electron chi connectivity index (χ2n) is 4.03. The number of amides is 1. The van der Waals surface area contributed by atoms with Gasteiger partial charge in [0.1, 0.15) is 5.82 Å². The van der Waals surface area contributed by atoms with Gasteiger partial charge in [0.2, 0.25) is 0 Å². The monoisotopic (exact) mass is 221 g/mol. The number of carbonyl (C=O) groups excluding carboxylic acids is 1. The molecule has 0 radical (unpaired) electrons. The lowest BCUT2D eigenvalue weighted by Crippen LogP contribution is -2.28. The molecule has 0 bridgehead atoms. The second-order valence-corrected chi connectivity index (χ2v) is 4.03. The van der Waals surface area contributed by atoms with Gasteiger partial charge in [-0.1, -0.05) is 13.8 Å². The topological polar surface area (TPSA) is 54.0 Å². The number of nitrogens with one attached hydrogen (secondary N) is 2. The minimum absolute atomic E-state index is 0.0715. The molecule has 1 amide bonds. The first kappa shape index (κ1) is 12.5. The number of carbonyl (C=O) groups is 1. The summed E-state index contributed by atoms with van der Waals surface area (Å²) in [4.78, 5) is 16.0. The summed E-state index contributed by atoms with van der Waals surface area (Å²) in [7, 11) is 0. The van der Waals surface area contributed by atoms with E-state index in [2.05, 4.69) is 29.5 Å². The Morgan fingerprint density at radius 3 is 2.88 bits per heavy atom.